The van der Waals surface area contributed by atoms with Crippen molar-refractivity contribution in [3.63, 3.8) is 0 Å². The van der Waals surface area contributed by atoms with Crippen LogP contribution in [0.1, 0.15) is 30.9 Å². The van der Waals surface area contributed by atoms with E-state index in [0.717, 1.165) is 18.4 Å². The van der Waals surface area contributed by atoms with Gasteiger partial charge in [-0.2, -0.15) is 4.31 Å². The van der Waals surface area contributed by atoms with Crippen molar-refractivity contribution < 1.29 is 17.9 Å². The van der Waals surface area contributed by atoms with Crippen molar-refractivity contribution in [2.45, 2.75) is 44.2 Å². The van der Waals surface area contributed by atoms with Gasteiger partial charge in [-0.15, -0.1) is 0 Å². The van der Waals surface area contributed by atoms with Gasteiger partial charge in [-0.3, -0.25) is 0 Å². The van der Waals surface area contributed by atoms with Crippen LogP contribution >= 0.6 is 0 Å². The molecule has 0 heterocycles. The smallest absolute Gasteiger partial charge is 0.243 e. The van der Waals surface area contributed by atoms with Gasteiger partial charge in [0.05, 0.1) is 11.5 Å². The molecule has 27 heavy (non-hydrogen) atoms. The van der Waals surface area contributed by atoms with E-state index < -0.39 is 10.0 Å². The quantitative estimate of drug-likeness (QED) is 0.581. The minimum absolute atomic E-state index is 0.0958. The standard InChI is InChI=1S/C21H27NO4S/c1-3-25-14-15-26-20-10-12-21(13-11-20)27(23,24)22(19-8-9-19)16-18-6-4-17(2)5-7-18/h4-7,10-13,19H,3,8-9,14-16H2,1-2H3. The lowest BCUT2D eigenvalue weighted by atomic mass is 10.1. The second kappa shape index (κ2) is 8.87. The van der Waals surface area contributed by atoms with Gasteiger partial charge in [0.15, 0.2) is 0 Å². The maximum absolute atomic E-state index is 13.2. The summed E-state index contributed by atoms with van der Waals surface area (Å²) in [6.45, 7) is 5.97. The Morgan fingerprint density at radius 1 is 1.00 bits per heavy atom. The summed E-state index contributed by atoms with van der Waals surface area (Å²) in [5.41, 5.74) is 2.17. The van der Waals surface area contributed by atoms with Crippen molar-refractivity contribution in [1.29, 1.82) is 0 Å². The minimum Gasteiger partial charge on any atom is -0.491 e. The Morgan fingerprint density at radius 2 is 1.67 bits per heavy atom. The Kier molecular flexibility index (Phi) is 6.52. The summed E-state index contributed by atoms with van der Waals surface area (Å²) < 4.78 is 38.8. The Bertz CT molecular complexity index is 827. The van der Waals surface area contributed by atoms with Crippen molar-refractivity contribution in [3.05, 3.63) is 59.7 Å². The monoisotopic (exact) mass is 389 g/mol. The van der Waals surface area contributed by atoms with Crippen molar-refractivity contribution in [2.75, 3.05) is 19.8 Å². The van der Waals surface area contributed by atoms with Crippen LogP contribution in [0.2, 0.25) is 0 Å². The predicted molar refractivity (Wildman–Crippen MR) is 105 cm³/mol. The number of nitrogens with zero attached hydrogens (tertiary/aromatic N) is 1. The number of hydrogen-bond acceptors (Lipinski definition) is 4. The number of rotatable bonds is 10. The molecule has 6 heteroatoms. The highest BCUT2D eigenvalue weighted by Crippen LogP contribution is 2.34. The largest absolute Gasteiger partial charge is 0.491 e. The normalized spacial score (nSPS) is 14.5. The first-order valence-corrected chi connectivity index (χ1v) is 10.8. The highest BCUT2D eigenvalue weighted by atomic mass is 32.2. The summed E-state index contributed by atoms with van der Waals surface area (Å²) in [6.07, 6.45) is 1.84. The first kappa shape index (κ1) is 19.9. The summed E-state index contributed by atoms with van der Waals surface area (Å²) >= 11 is 0. The zero-order chi connectivity index (χ0) is 19.3. The Hall–Kier alpha value is -1.89. The number of hydrogen-bond donors (Lipinski definition) is 0. The number of aryl methyl sites for hydroxylation is 1. The fraction of sp³-hybridized carbons (Fsp3) is 0.429. The molecular weight excluding hydrogens is 362 g/mol. The van der Waals surface area contributed by atoms with Gasteiger partial charge in [-0.05, 0) is 56.5 Å². The molecule has 0 aliphatic heterocycles. The van der Waals surface area contributed by atoms with Gasteiger partial charge in [0.1, 0.15) is 12.4 Å². The van der Waals surface area contributed by atoms with Crippen LogP contribution in [-0.2, 0) is 21.3 Å². The topological polar surface area (TPSA) is 55.8 Å². The second-order valence-corrected chi connectivity index (χ2v) is 8.67. The number of ether oxygens (including phenoxy) is 2. The van der Waals surface area contributed by atoms with Crippen molar-refractivity contribution in [3.8, 4) is 5.75 Å². The Labute approximate surface area is 162 Å². The van der Waals surface area contributed by atoms with Crippen molar-refractivity contribution >= 4 is 10.0 Å². The number of sulfonamides is 1. The van der Waals surface area contributed by atoms with Crippen LogP contribution in [0.3, 0.4) is 0 Å². The lowest BCUT2D eigenvalue weighted by Gasteiger charge is -2.22. The van der Waals surface area contributed by atoms with Crippen LogP contribution in [0.4, 0.5) is 0 Å². The second-order valence-electron chi connectivity index (χ2n) is 6.78. The average Bonchev–Trinajstić information content (AvgIpc) is 3.50. The van der Waals surface area contributed by atoms with Crippen LogP contribution in [0, 0.1) is 6.92 Å². The van der Waals surface area contributed by atoms with E-state index in [9.17, 15) is 8.42 Å². The van der Waals surface area contributed by atoms with Crippen LogP contribution in [0.15, 0.2) is 53.4 Å². The van der Waals surface area contributed by atoms with Crippen LogP contribution < -0.4 is 4.74 Å². The van der Waals surface area contributed by atoms with E-state index in [1.165, 1.54) is 5.56 Å². The molecule has 0 bridgehead atoms. The lowest BCUT2D eigenvalue weighted by molar-refractivity contribution is 0.110. The fourth-order valence-corrected chi connectivity index (χ4v) is 4.53. The molecule has 1 fully saturated rings. The van der Waals surface area contributed by atoms with Gasteiger partial charge in [0, 0.05) is 19.2 Å². The van der Waals surface area contributed by atoms with Gasteiger partial charge in [0.25, 0.3) is 0 Å². The molecule has 0 aromatic heterocycles. The molecule has 5 nitrogen and oxygen atoms in total. The van der Waals surface area contributed by atoms with Crippen molar-refractivity contribution in [1.82, 2.24) is 4.31 Å². The molecule has 3 rings (SSSR count). The SMILES string of the molecule is CCOCCOc1ccc(S(=O)(=O)N(Cc2ccc(C)cc2)C2CC2)cc1. The number of benzene rings is 2. The zero-order valence-electron chi connectivity index (χ0n) is 15.9. The highest BCUT2D eigenvalue weighted by molar-refractivity contribution is 7.89. The first-order chi connectivity index (χ1) is 13.0. The summed E-state index contributed by atoms with van der Waals surface area (Å²) in [5.74, 6) is 0.644. The van der Waals surface area contributed by atoms with Gasteiger partial charge in [0.2, 0.25) is 10.0 Å². The van der Waals surface area contributed by atoms with E-state index in [0.29, 0.717) is 37.0 Å². The van der Waals surface area contributed by atoms with Crippen LogP contribution in [0.25, 0.3) is 0 Å². The summed E-state index contributed by atoms with van der Waals surface area (Å²) in [7, 11) is -3.54. The van der Waals surface area contributed by atoms with Crippen molar-refractivity contribution in [2.24, 2.45) is 0 Å². The van der Waals surface area contributed by atoms with E-state index in [-0.39, 0.29) is 6.04 Å². The Balaban J connectivity index is 1.71. The van der Waals surface area contributed by atoms with E-state index in [4.69, 9.17) is 9.47 Å². The first-order valence-electron chi connectivity index (χ1n) is 9.38. The summed E-state index contributed by atoms with van der Waals surface area (Å²) in [5, 5.41) is 0. The van der Waals surface area contributed by atoms with E-state index in [2.05, 4.69) is 0 Å². The lowest BCUT2D eigenvalue weighted by Crippen LogP contribution is -2.32. The molecule has 1 aliphatic rings. The van der Waals surface area contributed by atoms with E-state index in [1.54, 1.807) is 28.6 Å². The summed E-state index contributed by atoms with van der Waals surface area (Å²) in [4.78, 5) is 0.304. The molecule has 146 valence electrons. The molecule has 2 aromatic rings. The summed E-state index contributed by atoms with van der Waals surface area (Å²) in [6, 6.07) is 14.8. The van der Waals surface area contributed by atoms with Crippen LogP contribution in [0.5, 0.6) is 5.75 Å². The molecule has 0 atom stereocenters. The molecule has 0 saturated heterocycles. The fourth-order valence-electron chi connectivity index (χ4n) is 2.85. The minimum atomic E-state index is -3.54. The Morgan fingerprint density at radius 3 is 2.26 bits per heavy atom. The van der Waals surface area contributed by atoms with Gasteiger partial charge in [-0.1, -0.05) is 29.8 Å². The van der Waals surface area contributed by atoms with Gasteiger partial charge in [-0.25, -0.2) is 8.42 Å². The third kappa shape index (κ3) is 5.31. The third-order valence-corrected chi connectivity index (χ3v) is 6.46. The molecule has 0 spiro atoms. The maximum Gasteiger partial charge on any atom is 0.243 e. The molecule has 2 aromatic carbocycles. The molecule has 0 N–H and O–H groups in total. The average molecular weight is 390 g/mol. The molecule has 0 unspecified atom stereocenters. The van der Waals surface area contributed by atoms with E-state index in [1.807, 2.05) is 38.1 Å². The van der Waals surface area contributed by atoms with E-state index >= 15 is 0 Å². The molecule has 0 radical (unpaired) electrons. The maximum atomic E-state index is 13.2. The molecule has 1 aliphatic carbocycles. The molecule has 1 saturated carbocycles. The third-order valence-electron chi connectivity index (χ3n) is 4.54. The predicted octanol–water partition coefficient (Wildman–Crippen LogP) is 3.76. The molecule has 0 amide bonds. The molecular formula is C21H27NO4S. The highest BCUT2D eigenvalue weighted by Gasteiger charge is 2.38. The van der Waals surface area contributed by atoms with Gasteiger partial charge < -0.3 is 9.47 Å². The van der Waals surface area contributed by atoms with Gasteiger partial charge >= 0.3 is 0 Å². The van der Waals surface area contributed by atoms with Crippen LogP contribution in [-0.4, -0.2) is 38.6 Å². The zero-order valence-corrected chi connectivity index (χ0v) is 16.7.